The molecular weight excluding hydrogens is 350 g/mol. The molecule has 24 heavy (non-hydrogen) atoms. The van der Waals surface area contributed by atoms with E-state index in [0.717, 1.165) is 16.1 Å². The molecule has 1 unspecified atom stereocenters. The van der Waals surface area contributed by atoms with Gasteiger partial charge in [0.25, 0.3) is 5.91 Å². The van der Waals surface area contributed by atoms with Crippen LogP contribution in [-0.2, 0) is 6.54 Å². The van der Waals surface area contributed by atoms with Gasteiger partial charge in [0.2, 0.25) is 0 Å². The number of halogens is 1. The topological polar surface area (TPSA) is 86.5 Å². The minimum Gasteiger partial charge on any atom is -0.493 e. The van der Waals surface area contributed by atoms with Crippen LogP contribution in [0, 0.1) is 6.92 Å². The number of carbonyl (C=O) groups excluding carboxylic acids is 1. The SMILES string of the molecule is COc1cc(C)c(C(C)NC(=O)c2csc(CN)n2)cc1OC.Cl. The highest BCUT2D eigenvalue weighted by molar-refractivity contribution is 7.09. The Morgan fingerprint density at radius 3 is 2.50 bits per heavy atom. The number of thiazole rings is 1. The molecule has 1 aromatic heterocycles. The lowest BCUT2D eigenvalue weighted by molar-refractivity contribution is 0.0935. The van der Waals surface area contributed by atoms with Gasteiger partial charge in [0, 0.05) is 11.9 Å². The van der Waals surface area contributed by atoms with Crippen molar-refractivity contribution < 1.29 is 14.3 Å². The number of carbonyl (C=O) groups is 1. The first kappa shape index (κ1) is 20.2. The van der Waals surface area contributed by atoms with Crippen molar-refractivity contribution in [2.75, 3.05) is 14.2 Å². The van der Waals surface area contributed by atoms with Gasteiger partial charge in [-0.25, -0.2) is 4.98 Å². The molecule has 0 aliphatic heterocycles. The molecule has 6 nitrogen and oxygen atoms in total. The first-order chi connectivity index (χ1) is 11.0. The second-order valence-electron chi connectivity index (χ2n) is 5.09. The van der Waals surface area contributed by atoms with E-state index in [2.05, 4.69) is 10.3 Å². The van der Waals surface area contributed by atoms with Crippen LogP contribution in [0.15, 0.2) is 17.5 Å². The number of aryl methyl sites for hydroxylation is 1. The van der Waals surface area contributed by atoms with E-state index in [1.165, 1.54) is 11.3 Å². The van der Waals surface area contributed by atoms with Crippen molar-refractivity contribution in [3.63, 3.8) is 0 Å². The molecule has 0 saturated carbocycles. The molecule has 1 aromatic carbocycles. The number of aromatic nitrogens is 1. The summed E-state index contributed by atoms with van der Waals surface area (Å²) in [5.41, 5.74) is 7.89. The second kappa shape index (κ2) is 8.86. The quantitative estimate of drug-likeness (QED) is 0.815. The van der Waals surface area contributed by atoms with Crippen LogP contribution in [0.2, 0.25) is 0 Å². The molecule has 0 aliphatic carbocycles. The lowest BCUT2D eigenvalue weighted by Gasteiger charge is -2.18. The molecule has 0 fully saturated rings. The van der Waals surface area contributed by atoms with Crippen LogP contribution in [0.5, 0.6) is 11.5 Å². The van der Waals surface area contributed by atoms with Gasteiger partial charge in [0.15, 0.2) is 11.5 Å². The number of methoxy groups -OCH3 is 2. The van der Waals surface area contributed by atoms with Gasteiger partial charge < -0.3 is 20.5 Å². The van der Waals surface area contributed by atoms with Gasteiger partial charge in [0.05, 0.1) is 20.3 Å². The molecule has 0 aliphatic rings. The first-order valence-electron chi connectivity index (χ1n) is 7.18. The van der Waals surface area contributed by atoms with Crippen molar-refractivity contribution in [3.8, 4) is 11.5 Å². The zero-order valence-electron chi connectivity index (χ0n) is 14.1. The number of rotatable bonds is 6. The van der Waals surface area contributed by atoms with E-state index in [1.54, 1.807) is 19.6 Å². The van der Waals surface area contributed by atoms with Crippen molar-refractivity contribution >= 4 is 29.7 Å². The van der Waals surface area contributed by atoms with Crippen molar-refractivity contribution in [1.29, 1.82) is 0 Å². The van der Waals surface area contributed by atoms with E-state index in [1.807, 2.05) is 26.0 Å². The fourth-order valence-electron chi connectivity index (χ4n) is 2.32. The summed E-state index contributed by atoms with van der Waals surface area (Å²) in [7, 11) is 3.18. The standard InChI is InChI=1S/C16H21N3O3S.ClH/c1-9-5-13(21-3)14(22-4)6-11(9)10(2)18-16(20)12-8-23-15(7-17)19-12;/h5-6,8,10H,7,17H2,1-4H3,(H,18,20);1H. The highest BCUT2D eigenvalue weighted by atomic mass is 35.5. The van der Waals surface area contributed by atoms with Gasteiger partial charge in [-0.2, -0.15) is 0 Å². The predicted molar refractivity (Wildman–Crippen MR) is 97.4 cm³/mol. The molecule has 1 heterocycles. The van der Waals surface area contributed by atoms with Gasteiger partial charge in [-0.05, 0) is 37.1 Å². The van der Waals surface area contributed by atoms with Crippen LogP contribution in [0.4, 0.5) is 0 Å². The van der Waals surface area contributed by atoms with Crippen LogP contribution >= 0.6 is 23.7 Å². The molecule has 1 amide bonds. The lowest BCUT2D eigenvalue weighted by Crippen LogP contribution is -2.27. The maximum absolute atomic E-state index is 12.3. The second-order valence-corrected chi connectivity index (χ2v) is 6.03. The Labute approximate surface area is 151 Å². The number of nitrogens with one attached hydrogen (secondary N) is 1. The molecule has 3 N–H and O–H groups in total. The van der Waals surface area contributed by atoms with Crippen molar-refractivity contribution in [1.82, 2.24) is 10.3 Å². The number of amides is 1. The van der Waals surface area contributed by atoms with E-state index < -0.39 is 0 Å². The smallest absolute Gasteiger partial charge is 0.271 e. The normalized spacial score (nSPS) is 11.4. The van der Waals surface area contributed by atoms with Gasteiger partial charge in [0.1, 0.15) is 10.7 Å². The van der Waals surface area contributed by atoms with Gasteiger partial charge in [-0.15, -0.1) is 23.7 Å². The lowest BCUT2D eigenvalue weighted by atomic mass is 10.0. The van der Waals surface area contributed by atoms with Crippen LogP contribution in [0.1, 0.15) is 39.6 Å². The zero-order chi connectivity index (χ0) is 17.0. The summed E-state index contributed by atoms with van der Waals surface area (Å²) in [6, 6.07) is 3.59. The highest BCUT2D eigenvalue weighted by Crippen LogP contribution is 2.32. The van der Waals surface area contributed by atoms with E-state index in [9.17, 15) is 4.79 Å². The van der Waals surface area contributed by atoms with Gasteiger partial charge >= 0.3 is 0 Å². The van der Waals surface area contributed by atoms with Crippen LogP contribution in [-0.4, -0.2) is 25.1 Å². The van der Waals surface area contributed by atoms with Crippen molar-refractivity contribution in [2.45, 2.75) is 26.4 Å². The fraction of sp³-hybridized carbons (Fsp3) is 0.375. The predicted octanol–water partition coefficient (Wildman–Crippen LogP) is 2.84. The van der Waals surface area contributed by atoms with Crippen LogP contribution < -0.4 is 20.5 Å². The Kier molecular flexibility index (Phi) is 7.47. The highest BCUT2D eigenvalue weighted by Gasteiger charge is 2.18. The molecule has 1 atom stereocenters. The summed E-state index contributed by atoms with van der Waals surface area (Å²) in [4.78, 5) is 16.5. The van der Waals surface area contributed by atoms with E-state index >= 15 is 0 Å². The van der Waals surface area contributed by atoms with Crippen molar-refractivity contribution in [2.24, 2.45) is 5.73 Å². The molecule has 2 rings (SSSR count). The Hall–Kier alpha value is -1.83. The Morgan fingerprint density at radius 1 is 1.33 bits per heavy atom. The summed E-state index contributed by atoms with van der Waals surface area (Å²) >= 11 is 1.38. The number of nitrogens with zero attached hydrogens (tertiary/aromatic N) is 1. The summed E-state index contributed by atoms with van der Waals surface area (Å²) in [5, 5.41) is 5.40. The molecule has 0 bridgehead atoms. The number of hydrogen-bond donors (Lipinski definition) is 2. The Bertz CT molecular complexity index is 706. The van der Waals surface area contributed by atoms with Gasteiger partial charge in [-0.3, -0.25) is 4.79 Å². The minimum absolute atomic E-state index is 0. The molecule has 8 heteroatoms. The van der Waals surface area contributed by atoms with Gasteiger partial charge in [-0.1, -0.05) is 0 Å². The van der Waals surface area contributed by atoms with Crippen molar-refractivity contribution in [3.05, 3.63) is 39.3 Å². The number of benzene rings is 1. The maximum atomic E-state index is 12.3. The van der Waals surface area contributed by atoms with Crippen LogP contribution in [0.25, 0.3) is 0 Å². The third-order valence-electron chi connectivity index (χ3n) is 3.55. The molecule has 132 valence electrons. The molecule has 0 radical (unpaired) electrons. The number of ether oxygens (including phenoxy) is 2. The van der Waals surface area contributed by atoms with E-state index in [-0.39, 0.29) is 24.4 Å². The Balaban J connectivity index is 0.00000288. The summed E-state index contributed by atoms with van der Waals surface area (Å²) in [6.45, 7) is 4.22. The fourth-order valence-corrected chi connectivity index (χ4v) is 2.97. The Morgan fingerprint density at radius 2 is 1.96 bits per heavy atom. The minimum atomic E-state index is -0.220. The van der Waals surface area contributed by atoms with E-state index in [0.29, 0.717) is 23.7 Å². The summed E-state index contributed by atoms with van der Waals surface area (Å²) in [6.07, 6.45) is 0. The maximum Gasteiger partial charge on any atom is 0.271 e. The summed E-state index contributed by atoms with van der Waals surface area (Å²) < 4.78 is 10.6. The average Bonchev–Trinajstić information content (AvgIpc) is 3.03. The third kappa shape index (κ3) is 4.37. The third-order valence-corrected chi connectivity index (χ3v) is 4.42. The number of nitrogens with two attached hydrogens (primary N) is 1. The molecule has 0 saturated heterocycles. The molecular formula is C16H22ClN3O3S. The zero-order valence-corrected chi connectivity index (χ0v) is 15.7. The first-order valence-corrected chi connectivity index (χ1v) is 8.06. The monoisotopic (exact) mass is 371 g/mol. The number of hydrogen-bond acceptors (Lipinski definition) is 6. The van der Waals surface area contributed by atoms with Crippen LogP contribution in [0.3, 0.4) is 0 Å². The largest absolute Gasteiger partial charge is 0.493 e. The molecule has 0 spiro atoms. The summed E-state index contributed by atoms with van der Waals surface area (Å²) in [5.74, 6) is 1.08. The van der Waals surface area contributed by atoms with E-state index in [4.69, 9.17) is 15.2 Å². The average molecular weight is 372 g/mol. The molecule has 2 aromatic rings.